The molecule has 0 spiro atoms. The highest BCUT2D eigenvalue weighted by Gasteiger charge is 2.35. The highest BCUT2D eigenvalue weighted by molar-refractivity contribution is 4.89. The van der Waals surface area contributed by atoms with Crippen molar-refractivity contribution in [3.63, 3.8) is 0 Å². The van der Waals surface area contributed by atoms with Crippen molar-refractivity contribution in [2.45, 2.75) is 65.8 Å². The third-order valence-electron chi connectivity index (χ3n) is 4.56. The van der Waals surface area contributed by atoms with Gasteiger partial charge in [-0.3, -0.25) is 0 Å². The summed E-state index contributed by atoms with van der Waals surface area (Å²) in [4.78, 5) is 2.60. The van der Waals surface area contributed by atoms with Crippen molar-refractivity contribution in [1.82, 2.24) is 10.2 Å². The van der Waals surface area contributed by atoms with E-state index in [4.69, 9.17) is 0 Å². The van der Waals surface area contributed by atoms with Gasteiger partial charge in [-0.15, -0.1) is 0 Å². The Bertz CT molecular complexity index is 219. The van der Waals surface area contributed by atoms with Crippen molar-refractivity contribution in [1.29, 1.82) is 0 Å². The Labute approximate surface area is 115 Å². The topological polar surface area (TPSA) is 15.3 Å². The van der Waals surface area contributed by atoms with Crippen molar-refractivity contribution in [2.24, 2.45) is 11.3 Å². The van der Waals surface area contributed by atoms with Gasteiger partial charge in [-0.2, -0.15) is 0 Å². The lowest BCUT2D eigenvalue weighted by molar-refractivity contribution is 0.131. The predicted octanol–water partition coefficient (Wildman–Crippen LogP) is 3.52. The quantitative estimate of drug-likeness (QED) is 0.713. The van der Waals surface area contributed by atoms with Crippen LogP contribution in [0.15, 0.2) is 0 Å². The largest absolute Gasteiger partial charge is 0.316 e. The summed E-state index contributed by atoms with van der Waals surface area (Å²) >= 11 is 0. The molecule has 2 nitrogen and oxygen atoms in total. The molecule has 2 heteroatoms. The molecule has 0 aromatic carbocycles. The predicted molar refractivity (Wildman–Crippen MR) is 81.0 cm³/mol. The van der Waals surface area contributed by atoms with Crippen LogP contribution >= 0.6 is 0 Å². The second-order valence-corrected chi connectivity index (χ2v) is 6.88. The summed E-state index contributed by atoms with van der Waals surface area (Å²) in [6, 6.07) is 0.712. The maximum atomic E-state index is 3.59. The molecule has 1 fully saturated rings. The maximum Gasteiger partial charge on any atom is 0.00665 e. The van der Waals surface area contributed by atoms with Crippen LogP contribution in [0.2, 0.25) is 0 Å². The first-order chi connectivity index (χ1) is 8.49. The summed E-state index contributed by atoms with van der Waals surface area (Å²) < 4.78 is 0. The van der Waals surface area contributed by atoms with Crippen LogP contribution in [0.1, 0.15) is 59.8 Å². The fraction of sp³-hybridized carbons (Fsp3) is 1.00. The fourth-order valence-corrected chi connectivity index (χ4v) is 3.45. The molecule has 0 amide bonds. The van der Waals surface area contributed by atoms with Gasteiger partial charge in [0.1, 0.15) is 0 Å². The third kappa shape index (κ3) is 4.89. The second-order valence-electron chi connectivity index (χ2n) is 6.88. The average molecular weight is 254 g/mol. The van der Waals surface area contributed by atoms with E-state index in [1.807, 2.05) is 0 Å². The van der Waals surface area contributed by atoms with Crippen molar-refractivity contribution in [3.8, 4) is 0 Å². The molecular formula is C16H34N2. The summed E-state index contributed by atoms with van der Waals surface area (Å²) in [5.74, 6) is 0.802. The monoisotopic (exact) mass is 254 g/mol. The Hall–Kier alpha value is -0.0800. The van der Waals surface area contributed by atoms with Crippen molar-refractivity contribution >= 4 is 0 Å². The lowest BCUT2D eigenvalue weighted by Crippen LogP contribution is -2.44. The van der Waals surface area contributed by atoms with Crippen LogP contribution in [-0.2, 0) is 0 Å². The highest BCUT2D eigenvalue weighted by Crippen LogP contribution is 2.38. The van der Waals surface area contributed by atoms with E-state index in [-0.39, 0.29) is 0 Å². The summed E-state index contributed by atoms with van der Waals surface area (Å²) in [5, 5.41) is 3.59. The van der Waals surface area contributed by atoms with Crippen molar-refractivity contribution in [2.75, 3.05) is 26.7 Å². The van der Waals surface area contributed by atoms with Crippen molar-refractivity contribution in [3.05, 3.63) is 0 Å². The van der Waals surface area contributed by atoms with Crippen LogP contribution in [0.3, 0.4) is 0 Å². The second kappa shape index (κ2) is 7.49. The molecule has 1 aliphatic carbocycles. The van der Waals surface area contributed by atoms with Gasteiger partial charge in [0, 0.05) is 19.1 Å². The minimum Gasteiger partial charge on any atom is -0.316 e. The van der Waals surface area contributed by atoms with E-state index in [0.717, 1.165) is 12.5 Å². The van der Waals surface area contributed by atoms with Crippen molar-refractivity contribution < 1.29 is 0 Å². The summed E-state index contributed by atoms with van der Waals surface area (Å²) in [7, 11) is 2.32. The number of hydrogen-bond acceptors (Lipinski definition) is 2. The molecule has 0 saturated heterocycles. The van der Waals surface area contributed by atoms with Crippen LogP contribution in [0.25, 0.3) is 0 Å². The van der Waals surface area contributed by atoms with E-state index in [0.29, 0.717) is 11.5 Å². The van der Waals surface area contributed by atoms with Gasteiger partial charge in [-0.1, -0.05) is 33.6 Å². The van der Waals surface area contributed by atoms with Gasteiger partial charge in [-0.25, -0.2) is 0 Å². The van der Waals surface area contributed by atoms with Crippen LogP contribution in [-0.4, -0.2) is 37.6 Å². The standard InChI is InChI=1S/C16H34N2/c1-6-17-12-16(9-7-8-10-16)13-18(5)15(4)11-14(2)3/h14-15,17H,6-13H2,1-5H3. The molecule has 0 bridgehead atoms. The zero-order valence-electron chi connectivity index (χ0n) is 13.3. The summed E-state index contributed by atoms with van der Waals surface area (Å²) in [5.41, 5.74) is 0.552. The molecule has 1 aliphatic rings. The van der Waals surface area contributed by atoms with E-state index in [9.17, 15) is 0 Å². The first-order valence-corrected chi connectivity index (χ1v) is 7.90. The lowest BCUT2D eigenvalue weighted by atomic mass is 9.84. The van der Waals surface area contributed by atoms with E-state index in [2.05, 4.69) is 45.0 Å². The van der Waals surface area contributed by atoms with Crippen LogP contribution in [0.4, 0.5) is 0 Å². The molecule has 1 N–H and O–H groups in total. The molecule has 1 rings (SSSR count). The van der Waals surface area contributed by atoms with Gasteiger partial charge in [0.05, 0.1) is 0 Å². The lowest BCUT2D eigenvalue weighted by Gasteiger charge is -2.37. The number of rotatable bonds is 8. The zero-order chi connectivity index (χ0) is 13.6. The van der Waals surface area contributed by atoms with E-state index < -0.39 is 0 Å². The summed E-state index contributed by atoms with van der Waals surface area (Å²) in [6.45, 7) is 12.8. The molecule has 0 aromatic rings. The Morgan fingerprint density at radius 1 is 1.17 bits per heavy atom. The third-order valence-corrected chi connectivity index (χ3v) is 4.56. The number of hydrogen-bond donors (Lipinski definition) is 1. The number of nitrogens with one attached hydrogen (secondary N) is 1. The van der Waals surface area contributed by atoms with Crippen LogP contribution in [0, 0.1) is 11.3 Å². The van der Waals surface area contributed by atoms with Crippen LogP contribution in [0.5, 0.6) is 0 Å². The minimum absolute atomic E-state index is 0.552. The van der Waals surface area contributed by atoms with Gasteiger partial charge in [-0.05, 0) is 51.1 Å². The highest BCUT2D eigenvalue weighted by atomic mass is 15.1. The molecule has 1 saturated carbocycles. The molecule has 0 aromatic heterocycles. The zero-order valence-corrected chi connectivity index (χ0v) is 13.3. The Kier molecular flexibility index (Phi) is 6.65. The first kappa shape index (κ1) is 16.0. The molecular weight excluding hydrogens is 220 g/mol. The Morgan fingerprint density at radius 3 is 2.28 bits per heavy atom. The number of nitrogens with zero attached hydrogens (tertiary/aromatic N) is 1. The minimum atomic E-state index is 0.552. The van der Waals surface area contributed by atoms with E-state index in [1.54, 1.807) is 0 Å². The molecule has 0 heterocycles. The molecule has 0 aliphatic heterocycles. The molecule has 1 atom stereocenters. The average Bonchev–Trinajstić information content (AvgIpc) is 2.74. The smallest absolute Gasteiger partial charge is 0.00665 e. The Morgan fingerprint density at radius 2 is 1.78 bits per heavy atom. The van der Waals surface area contributed by atoms with Gasteiger partial charge < -0.3 is 10.2 Å². The Balaban J connectivity index is 2.49. The molecule has 108 valence electrons. The van der Waals surface area contributed by atoms with Gasteiger partial charge in [0.15, 0.2) is 0 Å². The maximum absolute atomic E-state index is 3.59. The SMILES string of the molecule is CCNCC1(CN(C)C(C)CC(C)C)CCCC1. The van der Waals surface area contributed by atoms with E-state index in [1.165, 1.54) is 45.2 Å². The van der Waals surface area contributed by atoms with Gasteiger partial charge in [0.2, 0.25) is 0 Å². The normalized spacial score (nSPS) is 20.8. The molecule has 18 heavy (non-hydrogen) atoms. The summed E-state index contributed by atoms with van der Waals surface area (Å²) in [6.07, 6.45) is 7.00. The van der Waals surface area contributed by atoms with E-state index >= 15 is 0 Å². The molecule has 0 radical (unpaired) electrons. The van der Waals surface area contributed by atoms with Gasteiger partial charge >= 0.3 is 0 Å². The first-order valence-electron chi connectivity index (χ1n) is 7.90. The van der Waals surface area contributed by atoms with Crippen LogP contribution < -0.4 is 5.32 Å². The fourth-order valence-electron chi connectivity index (χ4n) is 3.45. The van der Waals surface area contributed by atoms with Gasteiger partial charge in [0.25, 0.3) is 0 Å². The molecule has 1 unspecified atom stereocenters.